The van der Waals surface area contributed by atoms with Crippen molar-refractivity contribution in [2.45, 2.75) is 11.8 Å². The van der Waals surface area contributed by atoms with Gasteiger partial charge in [-0.15, -0.1) is 17.9 Å². The minimum Gasteiger partial charge on any atom is -0.265 e. The molecule has 1 atom stereocenters. The van der Waals surface area contributed by atoms with Crippen LogP contribution in [-0.4, -0.2) is 4.98 Å². The van der Waals surface area contributed by atoms with E-state index in [0.717, 1.165) is 0 Å². The molecule has 0 bridgehead atoms. The molecule has 0 aromatic carbocycles. The highest BCUT2D eigenvalue weighted by molar-refractivity contribution is 7.10. The van der Waals surface area contributed by atoms with Crippen molar-refractivity contribution in [1.82, 2.24) is 4.98 Å². The van der Waals surface area contributed by atoms with Crippen LogP contribution < -0.4 is 0 Å². The van der Waals surface area contributed by atoms with Gasteiger partial charge in [0.2, 0.25) is 0 Å². The van der Waals surface area contributed by atoms with Crippen LogP contribution in [0.3, 0.4) is 0 Å². The maximum Gasteiger partial charge on any atom is 0.284 e. The van der Waals surface area contributed by atoms with Gasteiger partial charge in [0.15, 0.2) is 0 Å². The number of aromatic nitrogens is 1. The molecule has 1 nitrogen and oxygen atoms in total. The summed E-state index contributed by atoms with van der Waals surface area (Å²) in [5.41, 5.74) is -0.0363. The highest BCUT2D eigenvalue weighted by Crippen LogP contribution is 2.43. The van der Waals surface area contributed by atoms with E-state index in [1.807, 2.05) is 0 Å². The van der Waals surface area contributed by atoms with Gasteiger partial charge in [-0.1, -0.05) is 12.1 Å². The van der Waals surface area contributed by atoms with E-state index in [-0.39, 0.29) is 5.56 Å². The molecule has 17 heavy (non-hydrogen) atoms. The van der Waals surface area contributed by atoms with Crippen LogP contribution in [0.15, 0.2) is 54.7 Å². The number of thiophene rings is 1. The van der Waals surface area contributed by atoms with Gasteiger partial charge in [0.05, 0.1) is 5.92 Å². The van der Waals surface area contributed by atoms with Gasteiger partial charge < -0.3 is 0 Å². The Hall–Kier alpha value is -1.55. The fraction of sp³-hybridized carbons (Fsp3) is 0.154. The largest absolute Gasteiger partial charge is 0.284 e. The van der Waals surface area contributed by atoms with Crippen molar-refractivity contribution in [1.29, 1.82) is 0 Å². The second kappa shape index (κ2) is 4.75. The molecular formula is C13H11F2NS. The molecular weight excluding hydrogens is 240 g/mol. The van der Waals surface area contributed by atoms with Crippen molar-refractivity contribution in [2.75, 3.05) is 0 Å². The fourth-order valence-electron chi connectivity index (χ4n) is 1.66. The van der Waals surface area contributed by atoms with Gasteiger partial charge in [0, 0.05) is 22.8 Å². The van der Waals surface area contributed by atoms with Crippen molar-refractivity contribution in [3.8, 4) is 0 Å². The highest BCUT2D eigenvalue weighted by Gasteiger charge is 2.40. The van der Waals surface area contributed by atoms with Gasteiger partial charge in [-0.05, 0) is 23.6 Å². The molecule has 0 saturated carbocycles. The Morgan fingerprint density at radius 1 is 1.29 bits per heavy atom. The second-order valence-electron chi connectivity index (χ2n) is 3.59. The van der Waals surface area contributed by atoms with Crippen molar-refractivity contribution in [3.63, 3.8) is 0 Å². The van der Waals surface area contributed by atoms with E-state index in [1.165, 1.54) is 41.9 Å². The lowest BCUT2D eigenvalue weighted by Gasteiger charge is -2.23. The number of alkyl halides is 2. The molecule has 0 N–H and O–H groups in total. The van der Waals surface area contributed by atoms with E-state index in [0.29, 0.717) is 4.88 Å². The van der Waals surface area contributed by atoms with E-state index in [9.17, 15) is 8.78 Å². The van der Waals surface area contributed by atoms with Gasteiger partial charge in [0.1, 0.15) is 0 Å². The maximum atomic E-state index is 14.3. The van der Waals surface area contributed by atoms with Crippen molar-refractivity contribution in [2.24, 2.45) is 0 Å². The van der Waals surface area contributed by atoms with Crippen LogP contribution in [0.4, 0.5) is 8.78 Å². The molecule has 0 aliphatic carbocycles. The SMILES string of the molecule is C=C[C@@H](c1cccs1)C(F)(F)c1ccncc1. The van der Waals surface area contributed by atoms with Crippen LogP contribution in [0.1, 0.15) is 16.4 Å². The summed E-state index contributed by atoms with van der Waals surface area (Å²) in [4.78, 5) is 4.36. The Kier molecular flexibility index (Phi) is 3.33. The first-order valence-corrected chi connectivity index (χ1v) is 5.98. The maximum absolute atomic E-state index is 14.3. The Morgan fingerprint density at radius 2 is 2.00 bits per heavy atom. The summed E-state index contributed by atoms with van der Waals surface area (Å²) in [6.45, 7) is 3.52. The summed E-state index contributed by atoms with van der Waals surface area (Å²) in [5, 5.41) is 1.79. The number of nitrogens with zero attached hydrogens (tertiary/aromatic N) is 1. The second-order valence-corrected chi connectivity index (χ2v) is 4.57. The zero-order chi connectivity index (χ0) is 12.3. The number of halogens is 2. The van der Waals surface area contributed by atoms with Gasteiger partial charge in [-0.3, -0.25) is 4.98 Å². The molecule has 0 unspecified atom stereocenters. The molecule has 2 aromatic heterocycles. The molecule has 0 saturated heterocycles. The third kappa shape index (κ3) is 2.26. The monoisotopic (exact) mass is 251 g/mol. The summed E-state index contributed by atoms with van der Waals surface area (Å²) in [6.07, 6.45) is 4.04. The lowest BCUT2D eigenvalue weighted by atomic mass is 9.94. The molecule has 0 spiro atoms. The van der Waals surface area contributed by atoms with Crippen LogP contribution in [0, 0.1) is 0 Å². The van der Waals surface area contributed by atoms with Crippen molar-refractivity contribution in [3.05, 3.63) is 65.1 Å². The van der Waals surface area contributed by atoms with Gasteiger partial charge in [-0.2, -0.15) is 0 Å². The molecule has 2 rings (SSSR count). The number of rotatable bonds is 4. The summed E-state index contributed by atoms with van der Waals surface area (Å²) in [6, 6.07) is 6.14. The van der Waals surface area contributed by atoms with Gasteiger partial charge in [0.25, 0.3) is 5.92 Å². The molecule has 2 aromatic rings. The smallest absolute Gasteiger partial charge is 0.265 e. The van der Waals surface area contributed by atoms with Crippen LogP contribution in [0.2, 0.25) is 0 Å². The minimum absolute atomic E-state index is 0.0363. The summed E-state index contributed by atoms with van der Waals surface area (Å²) in [5.74, 6) is -3.96. The van der Waals surface area contributed by atoms with Crippen molar-refractivity contribution < 1.29 is 8.78 Å². The molecule has 2 heterocycles. The Morgan fingerprint density at radius 3 is 2.53 bits per heavy atom. The average molecular weight is 251 g/mol. The number of hydrogen-bond acceptors (Lipinski definition) is 2. The summed E-state index contributed by atoms with van der Waals surface area (Å²) < 4.78 is 28.6. The van der Waals surface area contributed by atoms with E-state index in [4.69, 9.17) is 0 Å². The van der Waals surface area contributed by atoms with E-state index in [2.05, 4.69) is 11.6 Å². The third-order valence-electron chi connectivity index (χ3n) is 2.54. The number of hydrogen-bond donors (Lipinski definition) is 0. The van der Waals surface area contributed by atoms with Crippen LogP contribution in [0.25, 0.3) is 0 Å². The lowest BCUT2D eigenvalue weighted by molar-refractivity contribution is -0.0187. The molecule has 0 aliphatic heterocycles. The molecule has 88 valence electrons. The third-order valence-corrected chi connectivity index (χ3v) is 3.50. The average Bonchev–Trinajstić information content (AvgIpc) is 2.84. The van der Waals surface area contributed by atoms with E-state index < -0.39 is 11.8 Å². The standard InChI is InChI=1S/C13H11F2NS/c1-2-11(12-4-3-9-17-12)13(14,15)10-5-7-16-8-6-10/h2-9,11H,1H2/t11-/m0/s1. The fourth-order valence-corrected chi connectivity index (χ4v) is 2.53. The molecule has 4 heteroatoms. The Bertz CT molecular complexity index is 479. The van der Waals surface area contributed by atoms with E-state index in [1.54, 1.807) is 17.5 Å². The first-order valence-electron chi connectivity index (χ1n) is 5.10. The first kappa shape index (κ1) is 11.9. The molecule has 0 radical (unpaired) electrons. The van der Waals surface area contributed by atoms with Crippen molar-refractivity contribution >= 4 is 11.3 Å². The molecule has 0 amide bonds. The highest BCUT2D eigenvalue weighted by atomic mass is 32.1. The molecule has 0 aliphatic rings. The lowest BCUT2D eigenvalue weighted by Crippen LogP contribution is -2.21. The van der Waals surface area contributed by atoms with Crippen LogP contribution in [-0.2, 0) is 5.92 Å². The Labute approximate surface area is 102 Å². The number of pyridine rings is 1. The predicted octanol–water partition coefficient (Wildman–Crippen LogP) is 4.20. The number of allylic oxidation sites excluding steroid dienone is 1. The predicted molar refractivity (Wildman–Crippen MR) is 65.4 cm³/mol. The summed E-state index contributed by atoms with van der Waals surface area (Å²) in [7, 11) is 0. The Balaban J connectivity index is 2.40. The minimum atomic E-state index is -2.96. The van der Waals surface area contributed by atoms with Gasteiger partial charge >= 0.3 is 0 Å². The normalized spacial score (nSPS) is 13.3. The van der Waals surface area contributed by atoms with Crippen LogP contribution in [0.5, 0.6) is 0 Å². The van der Waals surface area contributed by atoms with E-state index >= 15 is 0 Å². The quantitative estimate of drug-likeness (QED) is 0.742. The summed E-state index contributed by atoms with van der Waals surface area (Å²) >= 11 is 1.31. The first-order chi connectivity index (χ1) is 8.16. The zero-order valence-corrected chi connectivity index (χ0v) is 9.83. The van der Waals surface area contributed by atoms with Gasteiger partial charge in [-0.25, -0.2) is 8.78 Å². The molecule has 0 fully saturated rings. The zero-order valence-electron chi connectivity index (χ0n) is 9.01. The van der Waals surface area contributed by atoms with Crippen LogP contribution >= 0.6 is 11.3 Å². The topological polar surface area (TPSA) is 12.9 Å².